The number of halogens is 2. The van der Waals surface area contributed by atoms with Gasteiger partial charge in [-0.25, -0.2) is 13.1 Å². The highest BCUT2D eigenvalue weighted by molar-refractivity contribution is 9.11. The van der Waals surface area contributed by atoms with Gasteiger partial charge in [-0.3, -0.25) is 0 Å². The van der Waals surface area contributed by atoms with Crippen LogP contribution in [0.1, 0.15) is 0 Å². The molecule has 0 saturated carbocycles. The van der Waals surface area contributed by atoms with Gasteiger partial charge in [0, 0.05) is 34.4 Å². The Morgan fingerprint density at radius 1 is 1.16 bits per heavy atom. The summed E-state index contributed by atoms with van der Waals surface area (Å²) in [5, 5.41) is 0. The molecule has 0 aliphatic rings. The Hall–Kier alpha value is -0.630. The Morgan fingerprint density at radius 2 is 1.84 bits per heavy atom. The number of benzene rings is 1. The Labute approximate surface area is 129 Å². The minimum absolute atomic E-state index is 0.239. The number of sulfonamides is 1. The van der Waals surface area contributed by atoms with Crippen LogP contribution in [0.4, 0.5) is 0 Å². The summed E-state index contributed by atoms with van der Waals surface area (Å²) in [5.41, 5.74) is 0. The molecule has 102 valence electrons. The fraction of sp³-hybridized carbons (Fsp3) is 0.167. The molecule has 1 heterocycles. The highest BCUT2D eigenvalue weighted by Crippen LogP contribution is 2.25. The van der Waals surface area contributed by atoms with Crippen molar-refractivity contribution >= 4 is 41.9 Å². The van der Waals surface area contributed by atoms with Crippen molar-refractivity contribution in [2.45, 2.75) is 11.4 Å². The summed E-state index contributed by atoms with van der Waals surface area (Å²) in [6.07, 6.45) is 3.79. The molecular weight excluding hydrogens is 396 g/mol. The molecule has 0 atom stereocenters. The number of hydrogen-bond donors (Lipinski definition) is 1. The van der Waals surface area contributed by atoms with E-state index in [1.54, 1.807) is 18.2 Å². The highest BCUT2D eigenvalue weighted by Gasteiger charge is 2.16. The van der Waals surface area contributed by atoms with Crippen molar-refractivity contribution in [3.63, 3.8) is 0 Å². The molecule has 1 aromatic heterocycles. The van der Waals surface area contributed by atoms with E-state index in [2.05, 4.69) is 36.6 Å². The zero-order valence-electron chi connectivity index (χ0n) is 9.88. The number of nitrogens with one attached hydrogen (secondary N) is 1. The fourth-order valence-electron chi connectivity index (χ4n) is 1.60. The summed E-state index contributed by atoms with van der Waals surface area (Å²) >= 11 is 6.55. The third-order valence-corrected chi connectivity index (χ3v) is 5.44. The SMILES string of the molecule is O=S(=O)(NCCn1cccc1)c1ccc(Br)cc1Br. The summed E-state index contributed by atoms with van der Waals surface area (Å²) in [6.45, 7) is 0.944. The molecule has 2 aromatic rings. The van der Waals surface area contributed by atoms with E-state index in [9.17, 15) is 8.42 Å². The molecule has 0 radical (unpaired) electrons. The third kappa shape index (κ3) is 3.92. The predicted octanol–water partition coefficient (Wildman–Crippen LogP) is 2.99. The summed E-state index contributed by atoms with van der Waals surface area (Å²) < 4.78 is 30.1. The molecular formula is C12H12Br2N2O2S. The predicted molar refractivity (Wildman–Crippen MR) is 81.5 cm³/mol. The van der Waals surface area contributed by atoms with E-state index in [1.165, 1.54) is 0 Å². The van der Waals surface area contributed by atoms with Gasteiger partial charge in [-0.15, -0.1) is 0 Å². The quantitative estimate of drug-likeness (QED) is 0.828. The monoisotopic (exact) mass is 406 g/mol. The Bertz CT molecular complexity index is 654. The van der Waals surface area contributed by atoms with Crippen LogP contribution in [-0.2, 0) is 16.6 Å². The maximum absolute atomic E-state index is 12.1. The van der Waals surface area contributed by atoms with Crippen LogP contribution in [0.25, 0.3) is 0 Å². The van der Waals surface area contributed by atoms with Crippen molar-refractivity contribution < 1.29 is 8.42 Å². The topological polar surface area (TPSA) is 51.1 Å². The first-order valence-electron chi connectivity index (χ1n) is 5.54. The first kappa shape index (κ1) is 14.8. The van der Waals surface area contributed by atoms with E-state index in [1.807, 2.05) is 29.1 Å². The van der Waals surface area contributed by atoms with E-state index in [4.69, 9.17) is 0 Å². The molecule has 0 amide bonds. The molecule has 0 aliphatic carbocycles. The minimum Gasteiger partial charge on any atom is -0.353 e. The second kappa shape index (κ2) is 6.21. The van der Waals surface area contributed by atoms with Gasteiger partial charge < -0.3 is 4.57 Å². The lowest BCUT2D eigenvalue weighted by Gasteiger charge is -2.09. The molecule has 4 nitrogen and oxygen atoms in total. The molecule has 0 spiro atoms. The largest absolute Gasteiger partial charge is 0.353 e. The van der Waals surface area contributed by atoms with Gasteiger partial charge in [0.1, 0.15) is 0 Å². The van der Waals surface area contributed by atoms with Crippen molar-refractivity contribution in [1.29, 1.82) is 0 Å². The summed E-state index contributed by atoms with van der Waals surface area (Å²) in [6, 6.07) is 8.78. The van der Waals surface area contributed by atoms with Crippen LogP contribution in [0.3, 0.4) is 0 Å². The van der Waals surface area contributed by atoms with Crippen molar-refractivity contribution in [3.8, 4) is 0 Å². The van der Waals surface area contributed by atoms with E-state index < -0.39 is 10.0 Å². The molecule has 0 unspecified atom stereocenters. The minimum atomic E-state index is -3.49. The Balaban J connectivity index is 2.05. The van der Waals surface area contributed by atoms with Crippen LogP contribution < -0.4 is 4.72 Å². The molecule has 0 fully saturated rings. The van der Waals surface area contributed by atoms with Gasteiger partial charge in [0.15, 0.2) is 0 Å². The number of nitrogens with zero attached hydrogens (tertiary/aromatic N) is 1. The standard InChI is InChI=1S/C12H12Br2N2O2S/c13-10-3-4-12(11(14)9-10)19(17,18)15-5-8-16-6-1-2-7-16/h1-4,6-7,9,15H,5,8H2. The second-order valence-electron chi connectivity index (χ2n) is 3.89. The molecule has 2 rings (SSSR count). The maximum Gasteiger partial charge on any atom is 0.241 e. The first-order valence-corrected chi connectivity index (χ1v) is 8.61. The van der Waals surface area contributed by atoms with Gasteiger partial charge in [-0.05, 0) is 46.3 Å². The number of rotatable bonds is 5. The fourth-order valence-corrected chi connectivity index (χ4v) is 4.36. The highest BCUT2D eigenvalue weighted by atomic mass is 79.9. The average molecular weight is 408 g/mol. The lowest BCUT2D eigenvalue weighted by atomic mass is 10.4. The number of hydrogen-bond acceptors (Lipinski definition) is 2. The molecule has 7 heteroatoms. The zero-order chi connectivity index (χ0) is 13.9. The van der Waals surface area contributed by atoms with Crippen LogP contribution >= 0.6 is 31.9 Å². The third-order valence-electron chi connectivity index (χ3n) is 2.51. The van der Waals surface area contributed by atoms with E-state index >= 15 is 0 Å². The molecule has 0 aliphatic heterocycles. The van der Waals surface area contributed by atoms with Gasteiger partial charge in [-0.2, -0.15) is 0 Å². The summed E-state index contributed by atoms with van der Waals surface area (Å²) in [4.78, 5) is 0.239. The Morgan fingerprint density at radius 3 is 2.47 bits per heavy atom. The van der Waals surface area contributed by atoms with Crippen LogP contribution in [0, 0.1) is 0 Å². The van der Waals surface area contributed by atoms with E-state index in [0.29, 0.717) is 17.6 Å². The molecule has 19 heavy (non-hydrogen) atoms. The second-order valence-corrected chi connectivity index (χ2v) is 7.40. The first-order chi connectivity index (χ1) is 8.99. The van der Waals surface area contributed by atoms with Crippen molar-refractivity contribution in [2.24, 2.45) is 0 Å². The zero-order valence-corrected chi connectivity index (χ0v) is 13.9. The van der Waals surface area contributed by atoms with Crippen LogP contribution in [-0.4, -0.2) is 19.5 Å². The van der Waals surface area contributed by atoms with Crippen LogP contribution in [0.5, 0.6) is 0 Å². The molecule has 0 saturated heterocycles. The van der Waals surface area contributed by atoms with Crippen LogP contribution in [0.2, 0.25) is 0 Å². The van der Waals surface area contributed by atoms with Crippen molar-refractivity contribution in [3.05, 3.63) is 51.7 Å². The molecule has 1 aromatic carbocycles. The van der Waals surface area contributed by atoms with Gasteiger partial charge >= 0.3 is 0 Å². The van der Waals surface area contributed by atoms with Gasteiger partial charge in [-0.1, -0.05) is 15.9 Å². The lowest BCUT2D eigenvalue weighted by Crippen LogP contribution is -2.27. The average Bonchev–Trinajstić information content (AvgIpc) is 2.81. The van der Waals surface area contributed by atoms with Gasteiger partial charge in [0.05, 0.1) is 4.90 Å². The smallest absolute Gasteiger partial charge is 0.241 e. The van der Waals surface area contributed by atoms with Crippen molar-refractivity contribution in [1.82, 2.24) is 9.29 Å². The summed E-state index contributed by atoms with van der Waals surface area (Å²) in [7, 11) is -3.49. The summed E-state index contributed by atoms with van der Waals surface area (Å²) in [5.74, 6) is 0. The van der Waals surface area contributed by atoms with Gasteiger partial charge in [0.2, 0.25) is 10.0 Å². The van der Waals surface area contributed by atoms with Gasteiger partial charge in [0.25, 0.3) is 0 Å². The van der Waals surface area contributed by atoms with Crippen molar-refractivity contribution in [2.75, 3.05) is 6.54 Å². The van der Waals surface area contributed by atoms with E-state index in [-0.39, 0.29) is 4.90 Å². The maximum atomic E-state index is 12.1. The molecule has 0 bridgehead atoms. The van der Waals surface area contributed by atoms with E-state index in [0.717, 1.165) is 4.47 Å². The normalized spacial score (nSPS) is 11.7. The molecule has 1 N–H and O–H groups in total. The number of aromatic nitrogens is 1. The Kier molecular flexibility index (Phi) is 4.83. The lowest BCUT2D eigenvalue weighted by molar-refractivity contribution is 0.572. The van der Waals surface area contributed by atoms with Crippen LogP contribution in [0.15, 0.2) is 56.6 Å².